The second kappa shape index (κ2) is 8.34. The molecule has 2 aromatic carbocycles. The van der Waals surface area contributed by atoms with Crippen LogP contribution >= 0.6 is 0 Å². The summed E-state index contributed by atoms with van der Waals surface area (Å²) >= 11 is 0. The van der Waals surface area contributed by atoms with Gasteiger partial charge in [-0.2, -0.15) is 0 Å². The predicted octanol–water partition coefficient (Wildman–Crippen LogP) is 2.46. The summed E-state index contributed by atoms with van der Waals surface area (Å²) in [6.07, 6.45) is 1.19. The van der Waals surface area contributed by atoms with Gasteiger partial charge in [0.05, 0.1) is 4.90 Å². The lowest BCUT2D eigenvalue weighted by atomic mass is 9.95. The molecule has 0 aromatic heterocycles. The maximum Gasteiger partial charge on any atom is 0.238 e. The van der Waals surface area contributed by atoms with Crippen LogP contribution in [0.25, 0.3) is 0 Å². The number of nitrogens with two attached hydrogens (primary N) is 1. The molecule has 1 amide bonds. The van der Waals surface area contributed by atoms with Gasteiger partial charge in [-0.1, -0.05) is 12.1 Å². The van der Waals surface area contributed by atoms with E-state index in [0.717, 1.165) is 6.07 Å². The summed E-state index contributed by atoms with van der Waals surface area (Å²) in [5.74, 6) is -2.04. The summed E-state index contributed by atoms with van der Waals surface area (Å²) in [6, 6.07) is 9.77. The van der Waals surface area contributed by atoms with E-state index >= 15 is 0 Å². The molecule has 0 unspecified atom stereocenters. The Labute approximate surface area is 162 Å². The molecule has 0 bridgehead atoms. The van der Waals surface area contributed by atoms with Crippen molar-refractivity contribution in [1.82, 2.24) is 4.90 Å². The summed E-state index contributed by atoms with van der Waals surface area (Å²) in [4.78, 5) is 14.4. The Kier molecular flexibility index (Phi) is 6.07. The zero-order chi connectivity index (χ0) is 20.3. The highest BCUT2D eigenvalue weighted by atomic mass is 32.2. The minimum absolute atomic E-state index is 0.0246. The molecule has 1 fully saturated rings. The molecule has 0 atom stereocenters. The number of sulfonamides is 1. The van der Waals surface area contributed by atoms with Gasteiger partial charge >= 0.3 is 0 Å². The van der Waals surface area contributed by atoms with E-state index in [-0.39, 0.29) is 16.7 Å². The molecule has 28 heavy (non-hydrogen) atoms. The predicted molar refractivity (Wildman–Crippen MR) is 101 cm³/mol. The molecule has 0 radical (unpaired) electrons. The monoisotopic (exact) mass is 409 g/mol. The van der Waals surface area contributed by atoms with E-state index in [9.17, 15) is 22.0 Å². The van der Waals surface area contributed by atoms with Crippen LogP contribution in [0.1, 0.15) is 18.4 Å². The van der Waals surface area contributed by atoms with Crippen molar-refractivity contribution in [3.8, 4) is 0 Å². The van der Waals surface area contributed by atoms with E-state index < -0.39 is 21.7 Å². The molecule has 150 valence electrons. The zero-order valence-corrected chi connectivity index (χ0v) is 15.9. The summed E-state index contributed by atoms with van der Waals surface area (Å²) in [6.45, 7) is 1.49. The summed E-state index contributed by atoms with van der Waals surface area (Å²) in [5.41, 5.74) is 0.791. The fourth-order valence-electron chi connectivity index (χ4n) is 3.24. The van der Waals surface area contributed by atoms with Gasteiger partial charge in [0.2, 0.25) is 15.9 Å². The molecule has 0 spiro atoms. The number of carbonyl (C=O) groups excluding carboxylic acids is 1. The first kappa shape index (κ1) is 20.4. The number of piperidine rings is 1. The van der Waals surface area contributed by atoms with Crippen LogP contribution in [-0.4, -0.2) is 32.3 Å². The Morgan fingerprint density at radius 1 is 1.11 bits per heavy atom. The van der Waals surface area contributed by atoms with Crippen molar-refractivity contribution in [1.29, 1.82) is 0 Å². The van der Waals surface area contributed by atoms with Crippen molar-refractivity contribution in [2.24, 2.45) is 11.1 Å². The van der Waals surface area contributed by atoms with Gasteiger partial charge in [-0.15, -0.1) is 0 Å². The first-order valence-corrected chi connectivity index (χ1v) is 10.4. The molecule has 6 nitrogen and oxygen atoms in total. The Morgan fingerprint density at radius 3 is 2.36 bits per heavy atom. The average molecular weight is 409 g/mol. The second-order valence-electron chi connectivity index (χ2n) is 6.82. The number of likely N-dealkylation sites (tertiary alicyclic amines) is 1. The lowest BCUT2D eigenvalue weighted by molar-refractivity contribution is -0.121. The quantitative estimate of drug-likeness (QED) is 0.794. The Bertz CT molecular complexity index is 957. The molecule has 9 heteroatoms. The van der Waals surface area contributed by atoms with Crippen LogP contribution in [0.5, 0.6) is 0 Å². The number of nitrogens with one attached hydrogen (secondary N) is 1. The number of anilines is 1. The number of nitrogens with zero attached hydrogens (tertiary/aromatic N) is 1. The van der Waals surface area contributed by atoms with Crippen molar-refractivity contribution in [3.63, 3.8) is 0 Å². The molecule has 1 heterocycles. The fraction of sp³-hybridized carbons (Fsp3) is 0.316. The van der Waals surface area contributed by atoms with Crippen LogP contribution in [0.4, 0.5) is 14.5 Å². The van der Waals surface area contributed by atoms with Crippen LogP contribution in [0.2, 0.25) is 0 Å². The van der Waals surface area contributed by atoms with E-state index in [1.165, 1.54) is 30.3 Å². The number of hydrogen-bond donors (Lipinski definition) is 2. The van der Waals surface area contributed by atoms with Gasteiger partial charge in [-0.05, 0) is 56.3 Å². The highest BCUT2D eigenvalue weighted by molar-refractivity contribution is 7.89. The van der Waals surface area contributed by atoms with Gasteiger partial charge in [0.15, 0.2) is 11.6 Å². The highest BCUT2D eigenvalue weighted by Crippen LogP contribution is 2.22. The van der Waals surface area contributed by atoms with Crippen LogP contribution in [0.3, 0.4) is 0 Å². The number of hydrogen-bond acceptors (Lipinski definition) is 4. The molecule has 2 aromatic rings. The van der Waals surface area contributed by atoms with E-state index in [0.29, 0.717) is 43.7 Å². The summed E-state index contributed by atoms with van der Waals surface area (Å²) in [7, 11) is -3.77. The normalized spacial score (nSPS) is 16.1. The fourth-order valence-corrected chi connectivity index (χ4v) is 3.75. The smallest absolute Gasteiger partial charge is 0.238 e. The number of amides is 1. The molecule has 3 N–H and O–H groups in total. The van der Waals surface area contributed by atoms with E-state index in [2.05, 4.69) is 5.32 Å². The van der Waals surface area contributed by atoms with E-state index in [1.54, 1.807) is 6.07 Å². The van der Waals surface area contributed by atoms with Crippen molar-refractivity contribution < 1.29 is 22.0 Å². The number of primary sulfonamides is 1. The lowest BCUT2D eigenvalue weighted by Crippen LogP contribution is -2.38. The third-order valence-corrected chi connectivity index (χ3v) is 5.76. The van der Waals surface area contributed by atoms with Crippen molar-refractivity contribution in [2.75, 3.05) is 18.4 Å². The maximum absolute atomic E-state index is 13.8. The second-order valence-corrected chi connectivity index (χ2v) is 8.38. The molecule has 1 saturated heterocycles. The topological polar surface area (TPSA) is 92.5 Å². The maximum atomic E-state index is 13.8. The van der Waals surface area contributed by atoms with Gasteiger partial charge in [-0.3, -0.25) is 9.69 Å². The summed E-state index contributed by atoms with van der Waals surface area (Å²) < 4.78 is 49.6. The molecule has 0 saturated carbocycles. The van der Waals surface area contributed by atoms with Crippen molar-refractivity contribution in [2.45, 2.75) is 24.3 Å². The van der Waals surface area contributed by atoms with Gasteiger partial charge in [0.25, 0.3) is 0 Å². The minimum Gasteiger partial charge on any atom is -0.326 e. The zero-order valence-electron chi connectivity index (χ0n) is 15.1. The standard InChI is InChI=1S/C19H21F2N3O3S/c20-17-3-1-2-14(18(17)21)12-24-10-8-13(9-11-24)19(25)23-15-4-6-16(7-5-15)28(22,26)27/h1-7,13H,8-12H2,(H,23,25)(H2,22,26,27). The SMILES string of the molecule is NS(=O)(=O)c1ccc(NC(=O)C2CCN(Cc3cccc(F)c3F)CC2)cc1. The number of halogens is 2. The Hall–Kier alpha value is -2.36. The first-order chi connectivity index (χ1) is 13.2. The molecule has 1 aliphatic heterocycles. The average Bonchev–Trinajstić information content (AvgIpc) is 2.66. The molecule has 3 rings (SSSR count). The molecular formula is C19H21F2N3O3S. The molecular weight excluding hydrogens is 388 g/mol. The van der Waals surface area contributed by atoms with E-state index in [1.807, 2.05) is 4.90 Å². The minimum atomic E-state index is -3.77. The number of rotatable bonds is 5. The van der Waals surface area contributed by atoms with Gasteiger partial charge in [-0.25, -0.2) is 22.3 Å². The third-order valence-electron chi connectivity index (χ3n) is 4.83. The first-order valence-electron chi connectivity index (χ1n) is 8.83. The molecule has 0 aliphatic carbocycles. The van der Waals surface area contributed by atoms with Crippen molar-refractivity contribution >= 4 is 21.6 Å². The van der Waals surface area contributed by atoms with Gasteiger partial charge < -0.3 is 5.32 Å². The van der Waals surface area contributed by atoms with Crippen LogP contribution in [0, 0.1) is 17.6 Å². The van der Waals surface area contributed by atoms with Crippen LogP contribution in [0.15, 0.2) is 47.4 Å². The third kappa shape index (κ3) is 4.92. The largest absolute Gasteiger partial charge is 0.326 e. The van der Waals surface area contributed by atoms with Crippen molar-refractivity contribution in [3.05, 3.63) is 59.7 Å². The Balaban J connectivity index is 1.53. The molecule has 1 aliphatic rings. The lowest BCUT2D eigenvalue weighted by Gasteiger charge is -2.31. The van der Waals surface area contributed by atoms with Crippen LogP contribution in [-0.2, 0) is 21.4 Å². The number of carbonyl (C=O) groups is 1. The highest BCUT2D eigenvalue weighted by Gasteiger charge is 2.25. The van der Waals surface area contributed by atoms with Crippen LogP contribution < -0.4 is 10.5 Å². The number of benzene rings is 2. The van der Waals surface area contributed by atoms with Gasteiger partial charge in [0, 0.05) is 23.7 Å². The summed E-state index contributed by atoms with van der Waals surface area (Å²) in [5, 5.41) is 7.82. The Morgan fingerprint density at radius 2 is 1.75 bits per heavy atom. The van der Waals surface area contributed by atoms with Gasteiger partial charge in [0.1, 0.15) is 0 Å². The van der Waals surface area contributed by atoms with E-state index in [4.69, 9.17) is 5.14 Å².